The molecule has 3 aromatic rings. The van der Waals surface area contributed by atoms with Crippen LogP contribution >= 0.6 is 0 Å². The molecule has 0 unspecified atom stereocenters. The second-order valence-electron chi connectivity index (χ2n) is 6.24. The average Bonchev–Trinajstić information content (AvgIpc) is 3.07. The van der Waals surface area contributed by atoms with Gasteiger partial charge in [0.1, 0.15) is 11.6 Å². The number of benzene rings is 1. The first-order valence-corrected chi connectivity index (χ1v) is 8.35. The maximum absolute atomic E-state index is 13.1. The Balaban J connectivity index is 1.71. The zero-order valence-electron chi connectivity index (χ0n) is 15.3. The van der Waals surface area contributed by atoms with Crippen LogP contribution in [0.3, 0.4) is 0 Å². The van der Waals surface area contributed by atoms with E-state index in [0.717, 1.165) is 34.1 Å². The predicted molar refractivity (Wildman–Crippen MR) is 94.5 cm³/mol. The van der Waals surface area contributed by atoms with Crippen LogP contribution in [0.2, 0.25) is 0 Å². The maximum atomic E-state index is 13.1. The molecule has 136 valence electrons. The lowest BCUT2D eigenvalue weighted by Crippen LogP contribution is -2.25. The van der Waals surface area contributed by atoms with E-state index in [1.165, 1.54) is 12.1 Å². The van der Waals surface area contributed by atoms with Crippen molar-refractivity contribution < 1.29 is 13.6 Å². The number of rotatable bonds is 5. The first-order chi connectivity index (χ1) is 12.3. The van der Waals surface area contributed by atoms with Crippen molar-refractivity contribution in [2.75, 3.05) is 0 Å². The van der Waals surface area contributed by atoms with Crippen molar-refractivity contribution in [2.24, 2.45) is 0 Å². The predicted octanol–water partition coefficient (Wildman–Crippen LogP) is 3.09. The molecule has 6 nitrogen and oxygen atoms in total. The molecule has 0 fully saturated rings. The van der Waals surface area contributed by atoms with Crippen molar-refractivity contribution in [3.05, 3.63) is 64.4 Å². The number of amides is 1. The molecule has 3 rings (SSSR count). The monoisotopic (exact) mass is 356 g/mol. The summed E-state index contributed by atoms with van der Waals surface area (Å²) in [6, 6.07) is 6.09. The molecule has 1 aromatic carbocycles. The van der Waals surface area contributed by atoms with Gasteiger partial charge in [-0.15, -0.1) is 0 Å². The van der Waals surface area contributed by atoms with Gasteiger partial charge in [-0.05, 0) is 52.0 Å². The van der Waals surface area contributed by atoms with Crippen LogP contribution in [0.4, 0.5) is 4.39 Å². The summed E-state index contributed by atoms with van der Waals surface area (Å²) in [6.45, 7) is 7.70. The molecular weight excluding hydrogens is 335 g/mol. The third-order valence-corrected chi connectivity index (χ3v) is 4.36. The van der Waals surface area contributed by atoms with Crippen LogP contribution in [0.1, 0.15) is 34.3 Å². The molecule has 0 bridgehead atoms. The highest BCUT2D eigenvalue weighted by molar-refractivity contribution is 5.79. The first-order valence-electron chi connectivity index (χ1n) is 8.35. The smallest absolute Gasteiger partial charge is 0.224 e. The molecule has 0 aliphatic carbocycles. The zero-order chi connectivity index (χ0) is 18.8. The zero-order valence-corrected chi connectivity index (χ0v) is 15.3. The summed E-state index contributed by atoms with van der Waals surface area (Å²) in [5, 5.41) is 7.30. The summed E-state index contributed by atoms with van der Waals surface area (Å²) in [5.74, 6) is 0.806. The molecular formula is C19H21FN4O2. The van der Waals surface area contributed by atoms with Crippen molar-refractivity contribution >= 4 is 5.91 Å². The van der Waals surface area contributed by atoms with E-state index in [-0.39, 0.29) is 24.7 Å². The average molecular weight is 356 g/mol. The summed E-state index contributed by atoms with van der Waals surface area (Å²) >= 11 is 0. The fourth-order valence-corrected chi connectivity index (χ4v) is 2.78. The first kappa shape index (κ1) is 17.8. The molecule has 1 N–H and O–H groups in total. The fourth-order valence-electron chi connectivity index (χ4n) is 2.78. The van der Waals surface area contributed by atoms with Gasteiger partial charge >= 0.3 is 0 Å². The number of hydrogen-bond donors (Lipinski definition) is 1. The lowest BCUT2D eigenvalue weighted by atomic mass is 10.1. The highest BCUT2D eigenvalue weighted by Gasteiger charge is 2.16. The van der Waals surface area contributed by atoms with Gasteiger partial charge < -0.3 is 9.73 Å². The molecule has 0 saturated heterocycles. The molecule has 0 aliphatic heterocycles. The second kappa shape index (κ2) is 7.11. The van der Waals surface area contributed by atoms with Crippen molar-refractivity contribution in [2.45, 2.75) is 40.7 Å². The minimum Gasteiger partial charge on any atom is -0.444 e. The number of carbonyl (C=O) groups is 1. The highest BCUT2D eigenvalue weighted by atomic mass is 19.1. The van der Waals surface area contributed by atoms with Gasteiger partial charge in [-0.3, -0.25) is 4.79 Å². The van der Waals surface area contributed by atoms with E-state index in [2.05, 4.69) is 15.4 Å². The van der Waals surface area contributed by atoms with E-state index < -0.39 is 0 Å². The standard InChI is InChI=1S/C19H21FN4O2/c1-11-14(4)26-19(22-11)10-21-18(25)9-17-12(2)23-24(13(17)3)16-7-5-15(20)6-8-16/h5-8H,9-10H2,1-4H3,(H,21,25). The summed E-state index contributed by atoms with van der Waals surface area (Å²) < 4.78 is 20.3. The number of aryl methyl sites for hydroxylation is 3. The Kier molecular flexibility index (Phi) is 4.88. The van der Waals surface area contributed by atoms with Gasteiger partial charge in [0, 0.05) is 11.3 Å². The van der Waals surface area contributed by atoms with Crippen LogP contribution in [-0.4, -0.2) is 20.7 Å². The third-order valence-electron chi connectivity index (χ3n) is 4.36. The minimum atomic E-state index is -0.299. The van der Waals surface area contributed by atoms with Gasteiger partial charge in [0.15, 0.2) is 0 Å². The second-order valence-corrected chi connectivity index (χ2v) is 6.24. The number of carbonyl (C=O) groups excluding carboxylic acids is 1. The van der Waals surface area contributed by atoms with Crippen LogP contribution in [-0.2, 0) is 17.8 Å². The maximum Gasteiger partial charge on any atom is 0.224 e. The molecule has 0 atom stereocenters. The van der Waals surface area contributed by atoms with E-state index in [4.69, 9.17) is 4.42 Å². The largest absolute Gasteiger partial charge is 0.444 e. The van der Waals surface area contributed by atoms with Crippen molar-refractivity contribution in [3.63, 3.8) is 0 Å². The molecule has 0 radical (unpaired) electrons. The topological polar surface area (TPSA) is 73.0 Å². The van der Waals surface area contributed by atoms with E-state index in [1.54, 1.807) is 16.8 Å². The number of oxazole rings is 1. The Morgan fingerprint density at radius 3 is 2.46 bits per heavy atom. The lowest BCUT2D eigenvalue weighted by Gasteiger charge is -2.06. The molecule has 26 heavy (non-hydrogen) atoms. The molecule has 7 heteroatoms. The minimum absolute atomic E-state index is 0.136. The van der Waals surface area contributed by atoms with Crippen molar-refractivity contribution in [1.82, 2.24) is 20.1 Å². The van der Waals surface area contributed by atoms with Gasteiger partial charge in [0.05, 0.1) is 30.0 Å². The van der Waals surface area contributed by atoms with Crippen molar-refractivity contribution in [3.8, 4) is 5.69 Å². The fraction of sp³-hybridized carbons (Fsp3) is 0.316. The number of aromatic nitrogens is 3. The van der Waals surface area contributed by atoms with Crippen LogP contribution in [0.25, 0.3) is 5.69 Å². The molecule has 0 saturated carbocycles. The SMILES string of the molecule is Cc1nc(CNC(=O)Cc2c(C)nn(-c3ccc(F)cc3)c2C)oc1C. The van der Waals surface area contributed by atoms with Crippen LogP contribution in [0, 0.1) is 33.5 Å². The van der Waals surface area contributed by atoms with Crippen LogP contribution in [0.15, 0.2) is 28.7 Å². The Hall–Kier alpha value is -2.96. The third kappa shape index (κ3) is 3.66. The lowest BCUT2D eigenvalue weighted by molar-refractivity contribution is -0.120. The van der Waals surface area contributed by atoms with E-state index in [0.29, 0.717) is 5.89 Å². The van der Waals surface area contributed by atoms with E-state index in [9.17, 15) is 9.18 Å². The van der Waals surface area contributed by atoms with Gasteiger partial charge in [-0.1, -0.05) is 0 Å². The Morgan fingerprint density at radius 1 is 1.15 bits per heavy atom. The summed E-state index contributed by atoms with van der Waals surface area (Å²) in [5.41, 5.74) is 4.05. The molecule has 0 spiro atoms. The Morgan fingerprint density at radius 2 is 1.85 bits per heavy atom. The van der Waals surface area contributed by atoms with E-state index >= 15 is 0 Å². The van der Waals surface area contributed by atoms with Gasteiger partial charge in [0.25, 0.3) is 0 Å². The quantitative estimate of drug-likeness (QED) is 0.762. The van der Waals surface area contributed by atoms with Gasteiger partial charge in [0.2, 0.25) is 11.8 Å². The number of hydrogen-bond acceptors (Lipinski definition) is 4. The number of halogens is 1. The van der Waals surface area contributed by atoms with Gasteiger partial charge in [-0.2, -0.15) is 5.10 Å². The molecule has 1 amide bonds. The van der Waals surface area contributed by atoms with Crippen LogP contribution < -0.4 is 5.32 Å². The summed E-state index contributed by atoms with van der Waals surface area (Å²) in [6.07, 6.45) is 0.206. The molecule has 0 aliphatic rings. The van der Waals surface area contributed by atoms with Crippen LogP contribution in [0.5, 0.6) is 0 Å². The van der Waals surface area contributed by atoms with Gasteiger partial charge in [-0.25, -0.2) is 14.1 Å². The van der Waals surface area contributed by atoms with Crippen molar-refractivity contribution in [1.29, 1.82) is 0 Å². The molecule has 2 heterocycles. The Bertz CT molecular complexity index is 922. The Labute approximate surface area is 151 Å². The van der Waals surface area contributed by atoms with E-state index in [1.807, 2.05) is 27.7 Å². The molecule has 2 aromatic heterocycles. The summed E-state index contributed by atoms with van der Waals surface area (Å²) in [4.78, 5) is 16.6. The highest BCUT2D eigenvalue weighted by Crippen LogP contribution is 2.19. The number of nitrogens with one attached hydrogen (secondary N) is 1. The number of nitrogens with zero attached hydrogens (tertiary/aromatic N) is 3. The summed E-state index contributed by atoms with van der Waals surface area (Å²) in [7, 11) is 0. The normalized spacial score (nSPS) is 11.0.